The molecule has 84 valence electrons. The zero-order valence-corrected chi connectivity index (χ0v) is 9.41. The molecular formula is C11H18N2O2. The van der Waals surface area contributed by atoms with Gasteiger partial charge in [-0.15, -0.1) is 0 Å². The first kappa shape index (κ1) is 11.8. The van der Waals surface area contributed by atoms with E-state index in [0.29, 0.717) is 6.54 Å². The normalized spacial score (nSPS) is 13.1. The number of furan rings is 1. The third kappa shape index (κ3) is 3.09. The maximum atomic E-state index is 11.1. The van der Waals surface area contributed by atoms with Crippen molar-refractivity contribution in [2.45, 2.75) is 33.4 Å². The smallest absolute Gasteiger partial charge is 0.234 e. The van der Waals surface area contributed by atoms with Crippen LogP contribution in [0.5, 0.6) is 0 Å². The number of amides is 1. The van der Waals surface area contributed by atoms with E-state index in [1.807, 2.05) is 26.8 Å². The molecule has 0 spiro atoms. The number of rotatable bonds is 5. The van der Waals surface area contributed by atoms with Gasteiger partial charge in [0.1, 0.15) is 5.76 Å². The molecule has 0 saturated heterocycles. The number of carbonyl (C=O) groups excluding carboxylic acids is 1. The Morgan fingerprint density at radius 3 is 2.67 bits per heavy atom. The largest absolute Gasteiger partial charge is 0.468 e. The molecule has 0 aromatic carbocycles. The second-order valence-corrected chi connectivity index (χ2v) is 4.03. The highest BCUT2D eigenvalue weighted by atomic mass is 16.3. The van der Waals surface area contributed by atoms with Crippen LogP contribution in [0.3, 0.4) is 0 Å². The van der Waals surface area contributed by atoms with E-state index >= 15 is 0 Å². The van der Waals surface area contributed by atoms with E-state index in [2.05, 4.69) is 5.32 Å². The van der Waals surface area contributed by atoms with Crippen LogP contribution in [0.4, 0.5) is 0 Å². The Labute approximate surface area is 89.8 Å². The van der Waals surface area contributed by atoms with Gasteiger partial charge in [-0.2, -0.15) is 0 Å². The Bertz CT molecular complexity index is 331. The Balaban J connectivity index is 2.55. The van der Waals surface area contributed by atoms with Crippen molar-refractivity contribution in [3.8, 4) is 0 Å². The van der Waals surface area contributed by atoms with Crippen molar-refractivity contribution in [3.63, 3.8) is 0 Å². The number of hydrogen-bond acceptors (Lipinski definition) is 3. The van der Waals surface area contributed by atoms with Crippen LogP contribution < -0.4 is 11.1 Å². The van der Waals surface area contributed by atoms with Gasteiger partial charge >= 0.3 is 0 Å². The molecule has 1 heterocycles. The number of hydrogen-bond donors (Lipinski definition) is 2. The maximum Gasteiger partial charge on any atom is 0.234 e. The SMILES string of the molecule is Cc1ccoc1CNC(C(N)=O)C(C)C. The van der Waals surface area contributed by atoms with E-state index in [-0.39, 0.29) is 17.9 Å². The van der Waals surface area contributed by atoms with Gasteiger partial charge in [0.25, 0.3) is 0 Å². The van der Waals surface area contributed by atoms with Crippen LogP contribution in [0.15, 0.2) is 16.7 Å². The number of carbonyl (C=O) groups is 1. The van der Waals surface area contributed by atoms with Crippen LogP contribution in [-0.4, -0.2) is 11.9 Å². The summed E-state index contributed by atoms with van der Waals surface area (Å²) < 4.78 is 5.26. The van der Waals surface area contributed by atoms with Crippen molar-refractivity contribution < 1.29 is 9.21 Å². The van der Waals surface area contributed by atoms with Crippen LogP contribution in [0.25, 0.3) is 0 Å². The minimum Gasteiger partial charge on any atom is -0.468 e. The highest BCUT2D eigenvalue weighted by molar-refractivity contribution is 5.80. The molecule has 1 aromatic rings. The highest BCUT2D eigenvalue weighted by Crippen LogP contribution is 2.09. The summed E-state index contributed by atoms with van der Waals surface area (Å²) in [6.45, 7) is 6.41. The molecule has 0 aliphatic carbocycles. The molecule has 15 heavy (non-hydrogen) atoms. The van der Waals surface area contributed by atoms with E-state index < -0.39 is 0 Å². The third-order valence-corrected chi connectivity index (χ3v) is 2.42. The van der Waals surface area contributed by atoms with Gasteiger partial charge in [0.2, 0.25) is 5.91 Å². The first-order valence-corrected chi connectivity index (χ1v) is 5.08. The first-order chi connectivity index (χ1) is 7.02. The summed E-state index contributed by atoms with van der Waals surface area (Å²) in [6.07, 6.45) is 1.64. The molecule has 0 fully saturated rings. The quantitative estimate of drug-likeness (QED) is 0.767. The summed E-state index contributed by atoms with van der Waals surface area (Å²) in [5.74, 6) is 0.703. The van der Waals surface area contributed by atoms with Crippen molar-refractivity contribution in [1.82, 2.24) is 5.32 Å². The van der Waals surface area contributed by atoms with Gasteiger partial charge in [-0.3, -0.25) is 10.1 Å². The molecule has 1 rings (SSSR count). The molecule has 1 aromatic heterocycles. The van der Waals surface area contributed by atoms with Crippen molar-refractivity contribution in [3.05, 3.63) is 23.7 Å². The molecule has 4 nitrogen and oxygen atoms in total. The fourth-order valence-electron chi connectivity index (χ4n) is 1.45. The average Bonchev–Trinajstić information content (AvgIpc) is 2.51. The molecule has 0 aliphatic heterocycles. The molecule has 0 bridgehead atoms. The topological polar surface area (TPSA) is 68.3 Å². The van der Waals surface area contributed by atoms with Gasteiger partial charge < -0.3 is 10.2 Å². The van der Waals surface area contributed by atoms with Crippen molar-refractivity contribution in [2.24, 2.45) is 11.7 Å². The van der Waals surface area contributed by atoms with Gasteiger partial charge in [0, 0.05) is 0 Å². The van der Waals surface area contributed by atoms with Crippen LogP contribution >= 0.6 is 0 Å². The monoisotopic (exact) mass is 210 g/mol. The fraction of sp³-hybridized carbons (Fsp3) is 0.545. The summed E-state index contributed by atoms with van der Waals surface area (Å²) in [5, 5.41) is 3.09. The summed E-state index contributed by atoms with van der Waals surface area (Å²) in [7, 11) is 0. The van der Waals surface area contributed by atoms with Gasteiger partial charge in [-0.05, 0) is 24.5 Å². The minimum atomic E-state index is -0.325. The van der Waals surface area contributed by atoms with E-state index in [9.17, 15) is 4.79 Å². The predicted molar refractivity (Wildman–Crippen MR) is 58.1 cm³/mol. The molecule has 0 saturated carbocycles. The maximum absolute atomic E-state index is 11.1. The number of nitrogens with two attached hydrogens (primary N) is 1. The fourth-order valence-corrected chi connectivity index (χ4v) is 1.45. The summed E-state index contributed by atoms with van der Waals surface area (Å²) in [6, 6.07) is 1.58. The van der Waals surface area contributed by atoms with E-state index in [1.165, 1.54) is 0 Å². The third-order valence-electron chi connectivity index (χ3n) is 2.42. The number of aryl methyl sites for hydroxylation is 1. The lowest BCUT2D eigenvalue weighted by atomic mass is 10.0. The standard InChI is InChI=1S/C11H18N2O2/c1-7(2)10(11(12)14)13-6-9-8(3)4-5-15-9/h4-5,7,10,13H,6H2,1-3H3,(H2,12,14). The Morgan fingerprint density at radius 2 is 2.27 bits per heavy atom. The molecule has 1 amide bonds. The lowest BCUT2D eigenvalue weighted by molar-refractivity contribution is -0.121. The summed E-state index contributed by atoms with van der Waals surface area (Å²) in [5.41, 5.74) is 6.36. The molecule has 0 radical (unpaired) electrons. The predicted octanol–water partition coefficient (Wildman–Crippen LogP) is 1.19. The van der Waals surface area contributed by atoms with Crippen LogP contribution in [0, 0.1) is 12.8 Å². The van der Waals surface area contributed by atoms with E-state index in [1.54, 1.807) is 6.26 Å². The molecule has 4 heteroatoms. The number of nitrogens with one attached hydrogen (secondary N) is 1. The average molecular weight is 210 g/mol. The highest BCUT2D eigenvalue weighted by Gasteiger charge is 2.19. The summed E-state index contributed by atoms with van der Waals surface area (Å²) >= 11 is 0. The molecular weight excluding hydrogens is 192 g/mol. The van der Waals surface area contributed by atoms with Crippen molar-refractivity contribution >= 4 is 5.91 Å². The van der Waals surface area contributed by atoms with E-state index in [4.69, 9.17) is 10.2 Å². The second kappa shape index (κ2) is 4.98. The zero-order valence-electron chi connectivity index (χ0n) is 9.41. The van der Waals surface area contributed by atoms with Crippen molar-refractivity contribution in [1.29, 1.82) is 0 Å². The second-order valence-electron chi connectivity index (χ2n) is 4.03. The summed E-state index contributed by atoms with van der Waals surface area (Å²) in [4.78, 5) is 11.1. The van der Waals surface area contributed by atoms with Gasteiger partial charge in [-0.1, -0.05) is 13.8 Å². The van der Waals surface area contributed by atoms with Crippen LogP contribution in [0.2, 0.25) is 0 Å². The Hall–Kier alpha value is -1.29. The van der Waals surface area contributed by atoms with Crippen molar-refractivity contribution in [2.75, 3.05) is 0 Å². The zero-order chi connectivity index (χ0) is 11.4. The molecule has 1 unspecified atom stereocenters. The molecule has 0 aliphatic rings. The first-order valence-electron chi connectivity index (χ1n) is 5.08. The lowest BCUT2D eigenvalue weighted by Crippen LogP contribution is -2.44. The Morgan fingerprint density at radius 1 is 1.60 bits per heavy atom. The van der Waals surface area contributed by atoms with Crippen LogP contribution in [-0.2, 0) is 11.3 Å². The lowest BCUT2D eigenvalue weighted by Gasteiger charge is -2.18. The van der Waals surface area contributed by atoms with E-state index in [0.717, 1.165) is 11.3 Å². The molecule has 1 atom stereocenters. The number of primary amides is 1. The molecule has 3 N–H and O–H groups in total. The Kier molecular flexibility index (Phi) is 3.91. The minimum absolute atomic E-state index is 0.178. The van der Waals surface area contributed by atoms with Gasteiger partial charge in [-0.25, -0.2) is 0 Å². The van der Waals surface area contributed by atoms with Gasteiger partial charge in [0.15, 0.2) is 0 Å². The van der Waals surface area contributed by atoms with Crippen LogP contribution in [0.1, 0.15) is 25.2 Å². The van der Waals surface area contributed by atoms with Gasteiger partial charge in [0.05, 0.1) is 18.8 Å².